The van der Waals surface area contributed by atoms with Crippen LogP contribution in [0.3, 0.4) is 0 Å². The van der Waals surface area contributed by atoms with E-state index >= 15 is 0 Å². The largest absolute Gasteiger partial charge is 0.490 e. The Balaban J connectivity index is 1.88. The molecule has 2 aromatic rings. The van der Waals surface area contributed by atoms with E-state index in [0.29, 0.717) is 45.0 Å². The number of halogens is 2. The maximum Gasteiger partial charge on any atom is 0.293 e. The minimum Gasteiger partial charge on any atom is -0.490 e. The molecule has 0 unspecified atom stereocenters. The zero-order valence-corrected chi connectivity index (χ0v) is 19.9. The monoisotopic (exact) mass is 507 g/mol. The van der Waals surface area contributed by atoms with E-state index in [9.17, 15) is 14.0 Å². The molecule has 0 saturated carbocycles. The summed E-state index contributed by atoms with van der Waals surface area (Å²) in [7, 11) is 0. The first-order valence-electron chi connectivity index (χ1n) is 9.95. The standard InChI is InChI=1S/C23H23BrFNO4S/c1-4-14(3)26-22(27)21(31-23(26)28)11-16-10-19(29-5-2)20(12-17(16)24)30-13-15-8-6-7-9-18(15)25/h6-12,14H,4-5,13H2,1-3H3/b21-11+/t14-/m0/s1. The fourth-order valence-electron chi connectivity index (χ4n) is 3.00. The summed E-state index contributed by atoms with van der Waals surface area (Å²) < 4.78 is 26.1. The molecule has 164 valence electrons. The number of thioether (sulfide) groups is 1. The van der Waals surface area contributed by atoms with E-state index in [1.54, 1.807) is 36.4 Å². The topological polar surface area (TPSA) is 55.8 Å². The molecule has 1 saturated heterocycles. The lowest BCUT2D eigenvalue weighted by atomic mass is 10.1. The molecule has 1 fully saturated rings. The fraction of sp³-hybridized carbons (Fsp3) is 0.304. The van der Waals surface area contributed by atoms with Crippen molar-refractivity contribution in [1.82, 2.24) is 4.90 Å². The lowest BCUT2D eigenvalue weighted by molar-refractivity contribution is -0.124. The van der Waals surface area contributed by atoms with Crippen molar-refractivity contribution < 1.29 is 23.5 Å². The summed E-state index contributed by atoms with van der Waals surface area (Å²) in [4.78, 5) is 26.6. The van der Waals surface area contributed by atoms with Gasteiger partial charge in [-0.3, -0.25) is 14.5 Å². The third-order valence-electron chi connectivity index (χ3n) is 4.85. The van der Waals surface area contributed by atoms with Crippen LogP contribution < -0.4 is 9.47 Å². The van der Waals surface area contributed by atoms with E-state index in [0.717, 1.165) is 11.8 Å². The molecular formula is C23H23BrFNO4S. The lowest BCUT2D eigenvalue weighted by Gasteiger charge is -2.19. The van der Waals surface area contributed by atoms with Crippen LogP contribution in [0.15, 0.2) is 45.8 Å². The molecule has 1 aliphatic rings. The van der Waals surface area contributed by atoms with Crippen LogP contribution in [0.5, 0.6) is 11.5 Å². The van der Waals surface area contributed by atoms with Crippen LogP contribution in [0.2, 0.25) is 0 Å². The third kappa shape index (κ3) is 5.30. The van der Waals surface area contributed by atoms with Gasteiger partial charge in [0.2, 0.25) is 0 Å². The van der Waals surface area contributed by atoms with Gasteiger partial charge in [-0.05, 0) is 61.9 Å². The number of imide groups is 1. The first-order valence-corrected chi connectivity index (χ1v) is 11.6. The van der Waals surface area contributed by atoms with E-state index in [2.05, 4.69) is 15.9 Å². The number of nitrogens with zero attached hydrogens (tertiary/aromatic N) is 1. The van der Waals surface area contributed by atoms with Gasteiger partial charge < -0.3 is 9.47 Å². The lowest BCUT2D eigenvalue weighted by Crippen LogP contribution is -2.36. The zero-order chi connectivity index (χ0) is 22.5. The number of ether oxygens (including phenoxy) is 2. The number of carbonyl (C=O) groups excluding carboxylic acids is 2. The first-order chi connectivity index (χ1) is 14.8. The Bertz CT molecular complexity index is 1030. The second kappa shape index (κ2) is 10.3. The van der Waals surface area contributed by atoms with Crippen molar-refractivity contribution >= 4 is 44.9 Å². The maximum atomic E-state index is 13.9. The highest BCUT2D eigenvalue weighted by atomic mass is 79.9. The Hall–Kier alpha value is -2.32. The second-order valence-corrected chi connectivity index (χ2v) is 8.79. The number of hydrogen-bond acceptors (Lipinski definition) is 5. The van der Waals surface area contributed by atoms with Crippen LogP contribution in [-0.4, -0.2) is 28.7 Å². The molecule has 0 radical (unpaired) electrons. The highest BCUT2D eigenvalue weighted by molar-refractivity contribution is 9.10. The van der Waals surface area contributed by atoms with Crippen LogP contribution in [0.25, 0.3) is 6.08 Å². The Morgan fingerprint density at radius 1 is 1.16 bits per heavy atom. The van der Waals surface area contributed by atoms with Crippen LogP contribution in [-0.2, 0) is 11.4 Å². The van der Waals surface area contributed by atoms with Crippen LogP contribution in [0.1, 0.15) is 38.3 Å². The molecule has 0 spiro atoms. The summed E-state index contributed by atoms with van der Waals surface area (Å²) in [6.07, 6.45) is 2.36. The summed E-state index contributed by atoms with van der Waals surface area (Å²) in [6.45, 7) is 6.08. The quantitative estimate of drug-likeness (QED) is 0.387. The normalized spacial score (nSPS) is 16.2. The molecule has 0 aliphatic carbocycles. The van der Waals surface area contributed by atoms with Crippen molar-refractivity contribution in [2.24, 2.45) is 0 Å². The average Bonchev–Trinajstić information content (AvgIpc) is 3.02. The molecule has 2 aromatic carbocycles. The van der Waals surface area contributed by atoms with Crippen molar-refractivity contribution in [2.45, 2.75) is 39.8 Å². The molecule has 2 amide bonds. The summed E-state index contributed by atoms with van der Waals surface area (Å²) in [5.74, 6) is 0.276. The molecule has 1 heterocycles. The van der Waals surface area contributed by atoms with Gasteiger partial charge in [-0.25, -0.2) is 4.39 Å². The minimum atomic E-state index is -0.340. The molecule has 3 rings (SSSR count). The first kappa shape index (κ1) is 23.3. The Labute approximate surface area is 193 Å². The van der Waals surface area contributed by atoms with Crippen molar-refractivity contribution in [1.29, 1.82) is 0 Å². The molecule has 5 nitrogen and oxygen atoms in total. The number of carbonyl (C=O) groups is 2. The van der Waals surface area contributed by atoms with Gasteiger partial charge in [0.25, 0.3) is 11.1 Å². The number of rotatable bonds is 8. The molecular weight excluding hydrogens is 485 g/mol. The third-order valence-corrected chi connectivity index (χ3v) is 6.42. The van der Waals surface area contributed by atoms with E-state index in [1.807, 2.05) is 20.8 Å². The highest BCUT2D eigenvalue weighted by Gasteiger charge is 2.37. The van der Waals surface area contributed by atoms with E-state index in [4.69, 9.17) is 9.47 Å². The predicted molar refractivity (Wildman–Crippen MR) is 124 cm³/mol. The van der Waals surface area contributed by atoms with Crippen molar-refractivity contribution in [3.8, 4) is 11.5 Å². The molecule has 1 aliphatic heterocycles. The van der Waals surface area contributed by atoms with E-state index < -0.39 is 0 Å². The van der Waals surface area contributed by atoms with Gasteiger partial charge in [-0.2, -0.15) is 0 Å². The second-order valence-electron chi connectivity index (χ2n) is 6.94. The SMILES string of the molecule is CCOc1cc(/C=C2/SC(=O)N([C@@H](C)CC)C2=O)c(Br)cc1OCc1ccccc1F. The van der Waals surface area contributed by atoms with Gasteiger partial charge in [-0.15, -0.1) is 0 Å². The maximum absolute atomic E-state index is 13.9. The van der Waals surface area contributed by atoms with Crippen molar-refractivity contribution in [3.63, 3.8) is 0 Å². The van der Waals surface area contributed by atoms with Crippen LogP contribution in [0, 0.1) is 5.82 Å². The van der Waals surface area contributed by atoms with Crippen LogP contribution >= 0.6 is 27.7 Å². The molecule has 31 heavy (non-hydrogen) atoms. The predicted octanol–water partition coefficient (Wildman–Crippen LogP) is 6.40. The van der Waals surface area contributed by atoms with E-state index in [1.165, 1.54) is 11.0 Å². The van der Waals surface area contributed by atoms with Crippen LogP contribution in [0.4, 0.5) is 9.18 Å². The number of hydrogen-bond donors (Lipinski definition) is 0. The molecule has 1 atom stereocenters. The Kier molecular flexibility index (Phi) is 7.78. The minimum absolute atomic E-state index is 0.0479. The van der Waals surface area contributed by atoms with E-state index in [-0.39, 0.29) is 29.6 Å². The Morgan fingerprint density at radius 3 is 2.55 bits per heavy atom. The Morgan fingerprint density at radius 2 is 1.87 bits per heavy atom. The van der Waals surface area contributed by atoms with Gasteiger partial charge in [-0.1, -0.05) is 41.1 Å². The average molecular weight is 508 g/mol. The van der Waals surface area contributed by atoms with Crippen molar-refractivity contribution in [2.75, 3.05) is 6.61 Å². The molecule has 0 aromatic heterocycles. The van der Waals surface area contributed by atoms with Gasteiger partial charge in [0, 0.05) is 16.1 Å². The molecule has 0 N–H and O–H groups in total. The molecule has 0 bridgehead atoms. The van der Waals surface area contributed by atoms with Gasteiger partial charge >= 0.3 is 0 Å². The smallest absolute Gasteiger partial charge is 0.293 e. The number of amides is 2. The fourth-order valence-corrected chi connectivity index (χ4v) is 4.35. The highest BCUT2D eigenvalue weighted by Crippen LogP contribution is 2.39. The summed E-state index contributed by atoms with van der Waals surface area (Å²) >= 11 is 4.43. The summed E-state index contributed by atoms with van der Waals surface area (Å²) in [6, 6.07) is 9.71. The number of benzene rings is 2. The zero-order valence-electron chi connectivity index (χ0n) is 17.5. The summed E-state index contributed by atoms with van der Waals surface area (Å²) in [5.41, 5.74) is 1.11. The summed E-state index contributed by atoms with van der Waals surface area (Å²) in [5, 5.41) is -0.267. The van der Waals surface area contributed by atoms with Crippen molar-refractivity contribution in [3.05, 3.63) is 62.7 Å². The van der Waals surface area contributed by atoms with Gasteiger partial charge in [0.1, 0.15) is 12.4 Å². The van der Waals surface area contributed by atoms with Gasteiger partial charge in [0.05, 0.1) is 11.5 Å². The molecule has 8 heteroatoms. The van der Waals surface area contributed by atoms with Gasteiger partial charge in [0.15, 0.2) is 11.5 Å².